The molecule has 0 atom stereocenters. The van der Waals surface area contributed by atoms with Crippen LogP contribution in [-0.2, 0) is 6.42 Å². The van der Waals surface area contributed by atoms with Crippen LogP contribution in [-0.4, -0.2) is 50.9 Å². The van der Waals surface area contributed by atoms with Crippen molar-refractivity contribution in [1.29, 1.82) is 0 Å². The number of amides is 1. The number of H-pyrrole nitrogens is 1. The number of rotatable bonds is 9. The van der Waals surface area contributed by atoms with Crippen LogP contribution in [0.2, 0.25) is 0 Å². The van der Waals surface area contributed by atoms with Gasteiger partial charge >= 0.3 is 0 Å². The number of nitrogens with one attached hydrogen (secondary N) is 2. The molecule has 1 amide bonds. The molecule has 0 unspecified atom stereocenters. The fourth-order valence-electron chi connectivity index (χ4n) is 3.82. The molecule has 2 aromatic heterocycles. The van der Waals surface area contributed by atoms with E-state index >= 15 is 0 Å². The maximum atomic E-state index is 12.9. The average molecular weight is 482 g/mol. The molecule has 0 fully saturated rings. The summed E-state index contributed by atoms with van der Waals surface area (Å²) in [5, 5.41) is 4.81. The van der Waals surface area contributed by atoms with Crippen LogP contribution < -0.4 is 24.3 Å². The Bertz CT molecular complexity index is 1300. The smallest absolute Gasteiger partial charge is 0.263 e. The lowest BCUT2D eigenvalue weighted by Gasteiger charge is -2.13. The predicted molar refractivity (Wildman–Crippen MR) is 133 cm³/mol. The van der Waals surface area contributed by atoms with Crippen molar-refractivity contribution in [3.63, 3.8) is 0 Å². The van der Waals surface area contributed by atoms with Crippen LogP contribution >= 0.6 is 11.3 Å². The molecule has 0 aliphatic rings. The lowest BCUT2D eigenvalue weighted by molar-refractivity contribution is 0.0957. The Morgan fingerprint density at radius 3 is 2.41 bits per heavy atom. The zero-order valence-electron chi connectivity index (χ0n) is 19.8. The van der Waals surface area contributed by atoms with Crippen LogP contribution in [0.15, 0.2) is 36.5 Å². The van der Waals surface area contributed by atoms with Gasteiger partial charge in [-0.25, -0.2) is 4.98 Å². The summed E-state index contributed by atoms with van der Waals surface area (Å²) in [6.45, 7) is 2.33. The van der Waals surface area contributed by atoms with Crippen LogP contribution in [0.3, 0.4) is 0 Å². The monoisotopic (exact) mass is 481 g/mol. The largest absolute Gasteiger partial charge is 0.497 e. The Hall–Kier alpha value is -3.72. The second-order valence-corrected chi connectivity index (χ2v) is 8.58. The molecule has 2 heterocycles. The van der Waals surface area contributed by atoms with Crippen molar-refractivity contribution in [2.45, 2.75) is 13.3 Å². The summed E-state index contributed by atoms with van der Waals surface area (Å²) in [4.78, 5) is 21.4. The summed E-state index contributed by atoms with van der Waals surface area (Å²) < 4.78 is 21.6. The minimum absolute atomic E-state index is 0.147. The first kappa shape index (κ1) is 23.4. The summed E-state index contributed by atoms with van der Waals surface area (Å²) in [6.07, 6.45) is 2.66. The number of thiazole rings is 1. The number of hydrogen-bond donors (Lipinski definition) is 2. The normalized spacial score (nSPS) is 10.9. The predicted octanol–water partition coefficient (Wildman–Crippen LogP) is 4.61. The van der Waals surface area contributed by atoms with E-state index in [0.29, 0.717) is 45.8 Å². The van der Waals surface area contributed by atoms with E-state index in [4.69, 9.17) is 18.9 Å². The fraction of sp³-hybridized carbons (Fsp3) is 0.280. The lowest BCUT2D eigenvalue weighted by Crippen LogP contribution is -2.25. The molecule has 0 radical (unpaired) electrons. The third-order valence-corrected chi connectivity index (χ3v) is 6.77. The van der Waals surface area contributed by atoms with Crippen molar-refractivity contribution in [2.75, 3.05) is 35.0 Å². The van der Waals surface area contributed by atoms with Crippen molar-refractivity contribution < 1.29 is 23.7 Å². The Morgan fingerprint density at radius 2 is 1.76 bits per heavy atom. The second-order valence-electron chi connectivity index (χ2n) is 7.58. The molecule has 9 heteroatoms. The van der Waals surface area contributed by atoms with Gasteiger partial charge < -0.3 is 29.2 Å². The minimum Gasteiger partial charge on any atom is -0.497 e. The molecule has 0 spiro atoms. The maximum absolute atomic E-state index is 12.9. The highest BCUT2D eigenvalue weighted by atomic mass is 32.1. The van der Waals surface area contributed by atoms with Gasteiger partial charge in [0, 0.05) is 29.2 Å². The van der Waals surface area contributed by atoms with Gasteiger partial charge in [-0.3, -0.25) is 4.79 Å². The maximum Gasteiger partial charge on any atom is 0.263 e. The van der Waals surface area contributed by atoms with Crippen molar-refractivity contribution in [3.05, 3.63) is 52.7 Å². The van der Waals surface area contributed by atoms with Crippen LogP contribution in [0, 0.1) is 6.92 Å². The first-order valence-corrected chi connectivity index (χ1v) is 11.5. The standard InChI is InChI=1S/C25H27N3O5S/c1-14-23(34-25(28-14)16-10-20(31-3)22(33-5)21(11-16)32-4)24(29)26-9-8-15-13-27-19-7-6-17(30-2)12-18(15)19/h6-7,10-13,27H,8-9H2,1-5H3,(H,26,29). The summed E-state index contributed by atoms with van der Waals surface area (Å²) >= 11 is 1.33. The molecule has 34 heavy (non-hydrogen) atoms. The molecule has 2 aromatic carbocycles. The van der Waals surface area contributed by atoms with E-state index in [1.54, 1.807) is 28.4 Å². The van der Waals surface area contributed by atoms with Crippen molar-refractivity contribution in [3.8, 4) is 33.6 Å². The molecule has 4 aromatic rings. The van der Waals surface area contributed by atoms with E-state index in [-0.39, 0.29) is 5.91 Å². The molecule has 8 nitrogen and oxygen atoms in total. The van der Waals surface area contributed by atoms with Gasteiger partial charge in [0.25, 0.3) is 5.91 Å². The number of nitrogens with zero attached hydrogens (tertiary/aromatic N) is 1. The van der Waals surface area contributed by atoms with Gasteiger partial charge in [-0.05, 0) is 49.2 Å². The number of ether oxygens (including phenoxy) is 4. The van der Waals surface area contributed by atoms with Gasteiger partial charge in [0.05, 0.1) is 34.1 Å². The molecule has 0 aliphatic carbocycles. The van der Waals surface area contributed by atoms with Crippen LogP contribution in [0.1, 0.15) is 20.9 Å². The number of benzene rings is 2. The van der Waals surface area contributed by atoms with E-state index in [0.717, 1.165) is 27.8 Å². The highest BCUT2D eigenvalue weighted by molar-refractivity contribution is 7.17. The first-order valence-electron chi connectivity index (χ1n) is 10.7. The zero-order valence-corrected chi connectivity index (χ0v) is 20.6. The number of fused-ring (bicyclic) bond motifs is 1. The van der Waals surface area contributed by atoms with Gasteiger partial charge in [0.1, 0.15) is 15.6 Å². The van der Waals surface area contributed by atoms with E-state index < -0.39 is 0 Å². The molecule has 178 valence electrons. The number of aromatic nitrogens is 2. The number of carbonyl (C=O) groups excluding carboxylic acids is 1. The molecule has 0 bridgehead atoms. The summed E-state index contributed by atoms with van der Waals surface area (Å²) in [7, 11) is 6.34. The summed E-state index contributed by atoms with van der Waals surface area (Å²) in [5.74, 6) is 2.23. The first-order chi connectivity index (χ1) is 16.5. The van der Waals surface area contributed by atoms with Crippen LogP contribution in [0.4, 0.5) is 0 Å². The molecule has 0 aliphatic heterocycles. The van der Waals surface area contributed by atoms with Crippen LogP contribution in [0.5, 0.6) is 23.0 Å². The average Bonchev–Trinajstić information content (AvgIpc) is 3.45. The third-order valence-electron chi connectivity index (χ3n) is 5.57. The number of hydrogen-bond acceptors (Lipinski definition) is 7. The van der Waals surface area contributed by atoms with E-state index in [9.17, 15) is 4.79 Å². The van der Waals surface area contributed by atoms with Crippen molar-refractivity contribution in [2.24, 2.45) is 0 Å². The van der Waals surface area contributed by atoms with Gasteiger partial charge in [0.2, 0.25) is 5.75 Å². The van der Waals surface area contributed by atoms with Gasteiger partial charge in [-0.1, -0.05) is 0 Å². The fourth-order valence-corrected chi connectivity index (χ4v) is 4.79. The number of carbonyl (C=O) groups is 1. The number of methoxy groups -OCH3 is 4. The number of aryl methyl sites for hydroxylation is 1. The molecule has 2 N–H and O–H groups in total. The van der Waals surface area contributed by atoms with E-state index in [1.165, 1.54) is 11.3 Å². The van der Waals surface area contributed by atoms with Gasteiger partial charge in [-0.15, -0.1) is 11.3 Å². The second kappa shape index (κ2) is 10.0. The molecular formula is C25H27N3O5S. The van der Waals surface area contributed by atoms with Gasteiger partial charge in [-0.2, -0.15) is 0 Å². The van der Waals surface area contributed by atoms with Gasteiger partial charge in [0.15, 0.2) is 11.5 Å². The molecule has 4 rings (SSSR count). The van der Waals surface area contributed by atoms with Crippen molar-refractivity contribution in [1.82, 2.24) is 15.3 Å². The minimum atomic E-state index is -0.147. The third kappa shape index (κ3) is 4.51. The summed E-state index contributed by atoms with van der Waals surface area (Å²) in [6, 6.07) is 9.56. The quantitative estimate of drug-likeness (QED) is 0.363. The summed E-state index contributed by atoms with van der Waals surface area (Å²) in [5.41, 5.74) is 3.61. The van der Waals surface area contributed by atoms with E-state index in [2.05, 4.69) is 15.3 Å². The molecule has 0 saturated carbocycles. The Morgan fingerprint density at radius 1 is 1.03 bits per heavy atom. The Labute approximate surface area is 201 Å². The topological polar surface area (TPSA) is 94.7 Å². The zero-order chi connectivity index (χ0) is 24.2. The SMILES string of the molecule is COc1ccc2[nH]cc(CCNC(=O)c3sc(-c4cc(OC)c(OC)c(OC)c4)nc3C)c2c1. The highest BCUT2D eigenvalue weighted by Crippen LogP contribution is 2.42. The number of aromatic amines is 1. The highest BCUT2D eigenvalue weighted by Gasteiger charge is 2.20. The van der Waals surface area contributed by atoms with Crippen LogP contribution in [0.25, 0.3) is 21.5 Å². The Kier molecular flexibility index (Phi) is 6.93. The molecule has 0 saturated heterocycles. The Balaban J connectivity index is 1.49. The lowest BCUT2D eigenvalue weighted by atomic mass is 10.1. The molecular weight excluding hydrogens is 454 g/mol. The van der Waals surface area contributed by atoms with E-state index in [1.807, 2.05) is 43.5 Å². The van der Waals surface area contributed by atoms with Crippen molar-refractivity contribution >= 4 is 28.1 Å².